The van der Waals surface area contributed by atoms with Crippen molar-refractivity contribution in [2.45, 2.75) is 32.8 Å². The molecule has 0 saturated carbocycles. The number of para-hydroxylation sites is 1. The zero-order valence-electron chi connectivity index (χ0n) is 18.4. The van der Waals surface area contributed by atoms with Crippen LogP contribution in [-0.2, 0) is 11.2 Å². The fraction of sp³-hybridized carbons (Fsp3) is 0.280. The molecule has 3 rings (SSSR count). The van der Waals surface area contributed by atoms with Crippen molar-refractivity contribution in [3.05, 3.63) is 64.3 Å². The first kappa shape index (κ1) is 23.2. The molecule has 3 aromatic rings. The van der Waals surface area contributed by atoms with E-state index in [0.717, 1.165) is 22.9 Å². The van der Waals surface area contributed by atoms with Crippen molar-refractivity contribution in [3.8, 4) is 17.6 Å². The number of fused-ring (bicyclic) bond motifs is 1. The van der Waals surface area contributed by atoms with Gasteiger partial charge in [-0.2, -0.15) is 5.26 Å². The van der Waals surface area contributed by atoms with E-state index in [1.807, 2.05) is 50.4 Å². The Morgan fingerprint density at radius 2 is 2.12 bits per heavy atom. The molecule has 0 radical (unpaired) electrons. The van der Waals surface area contributed by atoms with Gasteiger partial charge in [-0.3, -0.25) is 4.79 Å². The maximum atomic E-state index is 12.6. The van der Waals surface area contributed by atoms with Crippen molar-refractivity contribution in [3.63, 3.8) is 0 Å². The summed E-state index contributed by atoms with van der Waals surface area (Å²) in [5.74, 6) is 0.450. The van der Waals surface area contributed by atoms with Crippen molar-refractivity contribution in [1.82, 2.24) is 10.3 Å². The number of rotatable bonds is 9. The summed E-state index contributed by atoms with van der Waals surface area (Å²) in [4.78, 5) is 15.8. The minimum Gasteiger partial charge on any atom is -0.493 e. The molecule has 7 heteroatoms. The molecule has 1 atom stereocenters. The number of benzene rings is 2. The number of aromatic amines is 1. The molecule has 0 fully saturated rings. The largest absolute Gasteiger partial charge is 0.493 e. The van der Waals surface area contributed by atoms with Gasteiger partial charge >= 0.3 is 0 Å². The number of methoxy groups -OCH3 is 1. The van der Waals surface area contributed by atoms with Gasteiger partial charge in [0.05, 0.1) is 18.2 Å². The van der Waals surface area contributed by atoms with Crippen molar-refractivity contribution in [2.75, 3.05) is 13.7 Å². The van der Waals surface area contributed by atoms with E-state index in [1.165, 1.54) is 13.2 Å². The Kier molecular flexibility index (Phi) is 7.80. The zero-order valence-corrected chi connectivity index (χ0v) is 19.1. The molecule has 0 aliphatic heterocycles. The quantitative estimate of drug-likeness (QED) is 0.342. The maximum absolute atomic E-state index is 12.6. The SMILES string of the molecule is CC[C@@H](C)Oc1c(Cl)cc(/C=C(/C#N)C(=O)NCCc2c[nH]c3ccccc23)cc1OC. The average molecular weight is 452 g/mol. The molecule has 166 valence electrons. The number of carbonyl (C=O) groups excluding carboxylic acids is 1. The fourth-order valence-electron chi connectivity index (χ4n) is 3.28. The standard InChI is InChI=1S/C25H26ClN3O3/c1-4-16(2)32-24-21(26)12-17(13-23(24)31-3)11-19(14-27)25(30)28-10-9-18-15-29-22-8-6-5-7-20(18)22/h5-8,11-13,15-16,29H,4,9-10H2,1-3H3,(H,28,30)/b19-11-/t16-/m1/s1. The Labute approximate surface area is 192 Å². The van der Waals surface area contributed by atoms with Gasteiger partial charge in [-0.25, -0.2) is 0 Å². The second-order valence-electron chi connectivity index (χ2n) is 7.41. The summed E-state index contributed by atoms with van der Waals surface area (Å²) in [6.07, 6.45) is 4.87. The molecular formula is C25H26ClN3O3. The number of carbonyl (C=O) groups is 1. The van der Waals surface area contributed by atoms with Crippen LogP contribution >= 0.6 is 11.6 Å². The first-order chi connectivity index (χ1) is 15.5. The average Bonchev–Trinajstić information content (AvgIpc) is 3.21. The Morgan fingerprint density at radius 1 is 1.34 bits per heavy atom. The van der Waals surface area contributed by atoms with E-state index in [2.05, 4.69) is 10.3 Å². The van der Waals surface area contributed by atoms with Crippen LogP contribution in [-0.4, -0.2) is 30.6 Å². The van der Waals surface area contributed by atoms with Crippen molar-refractivity contribution in [2.24, 2.45) is 0 Å². The van der Waals surface area contributed by atoms with Gasteiger partial charge in [0.2, 0.25) is 0 Å². The highest BCUT2D eigenvalue weighted by Gasteiger charge is 2.16. The van der Waals surface area contributed by atoms with Gasteiger partial charge in [-0.05, 0) is 55.2 Å². The van der Waals surface area contributed by atoms with Crippen LogP contribution in [0, 0.1) is 11.3 Å². The summed E-state index contributed by atoms with van der Waals surface area (Å²) in [5.41, 5.74) is 2.72. The van der Waals surface area contributed by atoms with Crippen LogP contribution in [0.15, 0.2) is 48.2 Å². The number of amides is 1. The zero-order chi connectivity index (χ0) is 23.1. The van der Waals surface area contributed by atoms with E-state index in [4.69, 9.17) is 21.1 Å². The maximum Gasteiger partial charge on any atom is 0.261 e. The summed E-state index contributed by atoms with van der Waals surface area (Å²) < 4.78 is 11.2. The third-order valence-electron chi connectivity index (χ3n) is 5.18. The van der Waals surface area contributed by atoms with Crippen LogP contribution in [0.5, 0.6) is 11.5 Å². The molecule has 0 unspecified atom stereocenters. The number of aromatic nitrogens is 1. The van der Waals surface area contributed by atoms with Crippen molar-refractivity contribution < 1.29 is 14.3 Å². The molecule has 2 aromatic carbocycles. The molecule has 0 aliphatic carbocycles. The lowest BCUT2D eigenvalue weighted by Gasteiger charge is -2.17. The third-order valence-corrected chi connectivity index (χ3v) is 5.46. The normalized spacial score (nSPS) is 12.3. The highest BCUT2D eigenvalue weighted by Crippen LogP contribution is 2.38. The summed E-state index contributed by atoms with van der Waals surface area (Å²) >= 11 is 6.39. The van der Waals surface area contributed by atoms with Gasteiger partial charge in [-0.15, -0.1) is 0 Å². The van der Waals surface area contributed by atoms with E-state index >= 15 is 0 Å². The third kappa shape index (κ3) is 5.43. The molecule has 32 heavy (non-hydrogen) atoms. The van der Waals surface area contributed by atoms with Gasteiger partial charge < -0.3 is 19.8 Å². The summed E-state index contributed by atoms with van der Waals surface area (Å²) in [5, 5.41) is 13.8. The molecule has 0 spiro atoms. The Morgan fingerprint density at radius 3 is 2.84 bits per heavy atom. The number of nitrogens with one attached hydrogen (secondary N) is 2. The van der Waals surface area contributed by atoms with Gasteiger partial charge in [-0.1, -0.05) is 36.7 Å². The number of nitriles is 1. The Hall–Kier alpha value is -3.43. The predicted molar refractivity (Wildman–Crippen MR) is 127 cm³/mol. The molecule has 6 nitrogen and oxygen atoms in total. The van der Waals surface area contributed by atoms with Crippen LogP contribution in [0.4, 0.5) is 0 Å². The van der Waals surface area contributed by atoms with Gasteiger partial charge in [0.25, 0.3) is 5.91 Å². The molecule has 0 saturated heterocycles. The Bertz CT molecular complexity index is 1180. The second kappa shape index (κ2) is 10.7. The summed E-state index contributed by atoms with van der Waals surface area (Å²) in [7, 11) is 1.52. The number of H-pyrrole nitrogens is 1. The highest BCUT2D eigenvalue weighted by molar-refractivity contribution is 6.32. The second-order valence-corrected chi connectivity index (χ2v) is 7.81. The number of hydrogen-bond donors (Lipinski definition) is 2. The lowest BCUT2D eigenvalue weighted by molar-refractivity contribution is -0.117. The summed E-state index contributed by atoms with van der Waals surface area (Å²) in [6, 6.07) is 13.3. The fourth-order valence-corrected chi connectivity index (χ4v) is 3.55. The number of nitrogens with zero attached hydrogens (tertiary/aromatic N) is 1. The smallest absolute Gasteiger partial charge is 0.261 e. The van der Waals surface area contributed by atoms with Crippen LogP contribution < -0.4 is 14.8 Å². The predicted octanol–water partition coefficient (Wildman–Crippen LogP) is 5.27. The van der Waals surface area contributed by atoms with Gasteiger partial charge in [0.15, 0.2) is 11.5 Å². The minimum atomic E-state index is -0.442. The molecule has 2 N–H and O–H groups in total. The van der Waals surface area contributed by atoms with Crippen LogP contribution in [0.2, 0.25) is 5.02 Å². The molecule has 1 heterocycles. The van der Waals surface area contributed by atoms with Crippen LogP contribution in [0.25, 0.3) is 17.0 Å². The van der Waals surface area contributed by atoms with Crippen LogP contribution in [0.3, 0.4) is 0 Å². The molecule has 1 aromatic heterocycles. The number of ether oxygens (including phenoxy) is 2. The van der Waals surface area contributed by atoms with E-state index in [1.54, 1.807) is 12.1 Å². The lowest BCUT2D eigenvalue weighted by Crippen LogP contribution is -2.26. The van der Waals surface area contributed by atoms with E-state index < -0.39 is 5.91 Å². The van der Waals surface area contributed by atoms with Gasteiger partial charge in [0.1, 0.15) is 11.6 Å². The number of halogens is 1. The topological polar surface area (TPSA) is 87.1 Å². The molecule has 1 amide bonds. The minimum absolute atomic E-state index is 0.0161. The molecule has 0 bridgehead atoms. The first-order valence-corrected chi connectivity index (χ1v) is 10.8. The monoisotopic (exact) mass is 451 g/mol. The Balaban J connectivity index is 1.71. The van der Waals surface area contributed by atoms with Crippen molar-refractivity contribution in [1.29, 1.82) is 5.26 Å². The lowest BCUT2D eigenvalue weighted by atomic mass is 10.1. The van der Waals surface area contributed by atoms with Crippen LogP contribution in [0.1, 0.15) is 31.4 Å². The molecule has 0 aliphatic rings. The van der Waals surface area contributed by atoms with E-state index in [-0.39, 0.29) is 11.7 Å². The summed E-state index contributed by atoms with van der Waals surface area (Å²) in [6.45, 7) is 4.36. The number of hydrogen-bond acceptors (Lipinski definition) is 4. The first-order valence-electron chi connectivity index (χ1n) is 10.5. The van der Waals surface area contributed by atoms with Gasteiger partial charge in [0, 0.05) is 23.6 Å². The van der Waals surface area contributed by atoms with E-state index in [9.17, 15) is 10.1 Å². The van der Waals surface area contributed by atoms with Crippen molar-refractivity contribution >= 4 is 34.5 Å². The van der Waals surface area contributed by atoms with E-state index in [0.29, 0.717) is 35.1 Å². The highest BCUT2D eigenvalue weighted by atomic mass is 35.5. The molecular weight excluding hydrogens is 426 g/mol.